The number of aromatic nitrogens is 1. The van der Waals surface area contributed by atoms with Crippen LogP contribution in [0.25, 0.3) is 81.9 Å². The van der Waals surface area contributed by atoms with Gasteiger partial charge in [-0.1, -0.05) is 133 Å². The molecule has 2 aromatic heterocycles. The fourth-order valence-electron chi connectivity index (χ4n) is 7.51. The number of rotatable bonds is 2. The van der Waals surface area contributed by atoms with Crippen LogP contribution in [-0.2, 0) is 0 Å². The number of hydrogen-bond acceptors (Lipinski definition) is 0. The highest BCUT2D eigenvalue weighted by molar-refractivity contribution is 6.26. The largest absolute Gasteiger partial charge is 0.308 e. The van der Waals surface area contributed by atoms with Crippen molar-refractivity contribution >= 4 is 59.6 Å². The summed E-state index contributed by atoms with van der Waals surface area (Å²) in [6.45, 7) is 4.53. The first-order chi connectivity index (χ1) is 22.2. The predicted molar refractivity (Wildman–Crippen MR) is 194 cm³/mol. The van der Waals surface area contributed by atoms with Crippen LogP contribution in [-0.4, -0.2) is 4.40 Å². The van der Waals surface area contributed by atoms with Gasteiger partial charge in [-0.25, -0.2) is 0 Å². The summed E-state index contributed by atoms with van der Waals surface area (Å²) in [7, 11) is 0. The highest BCUT2D eigenvalue weighted by Gasteiger charge is 2.17. The van der Waals surface area contributed by atoms with Gasteiger partial charge in [-0.05, 0) is 87.0 Å². The third kappa shape index (κ3) is 3.87. The zero-order valence-corrected chi connectivity index (χ0v) is 25.4. The van der Waals surface area contributed by atoms with Gasteiger partial charge in [0.05, 0.1) is 16.6 Å². The Hall–Kier alpha value is -5.66. The maximum atomic E-state index is 2.53. The minimum Gasteiger partial charge on any atom is -0.308 e. The van der Waals surface area contributed by atoms with Gasteiger partial charge < -0.3 is 4.40 Å². The fraction of sp³-hybridized carbons (Fsp3) is 0.0455. The number of aryl methyl sites for hydroxylation is 2. The molecule has 0 saturated heterocycles. The second kappa shape index (κ2) is 9.94. The quantitative estimate of drug-likeness (QED) is 0.194. The lowest BCUT2D eigenvalue weighted by atomic mass is 9.95. The highest BCUT2D eigenvalue weighted by atomic mass is 14.9. The third-order valence-electron chi connectivity index (χ3n) is 9.64. The van der Waals surface area contributed by atoms with Gasteiger partial charge >= 0.3 is 0 Å². The van der Waals surface area contributed by atoms with Gasteiger partial charge in [0.2, 0.25) is 0 Å². The molecule has 9 aromatic rings. The Morgan fingerprint density at radius 1 is 0.333 bits per heavy atom. The van der Waals surface area contributed by atoms with Crippen LogP contribution in [0.3, 0.4) is 0 Å². The molecule has 1 heteroatoms. The Bertz CT molecular complexity index is 2640. The molecular weight excluding hydrogens is 542 g/mol. The van der Waals surface area contributed by atoms with Crippen molar-refractivity contribution in [3.8, 4) is 22.3 Å². The summed E-state index contributed by atoms with van der Waals surface area (Å²) in [5.74, 6) is 0. The molecule has 0 aliphatic carbocycles. The molecule has 0 atom stereocenters. The third-order valence-corrected chi connectivity index (χ3v) is 9.64. The Morgan fingerprint density at radius 2 is 0.889 bits per heavy atom. The Balaban J connectivity index is 1.46. The van der Waals surface area contributed by atoms with Crippen molar-refractivity contribution in [2.75, 3.05) is 0 Å². The lowest BCUT2D eigenvalue weighted by molar-refractivity contribution is 1.35. The molecule has 0 saturated carbocycles. The van der Waals surface area contributed by atoms with Crippen molar-refractivity contribution in [2.24, 2.45) is 0 Å². The first-order valence-electron chi connectivity index (χ1n) is 15.7. The number of benzene rings is 7. The van der Waals surface area contributed by atoms with Crippen LogP contribution in [0.15, 0.2) is 152 Å². The molecule has 0 amide bonds. The van der Waals surface area contributed by atoms with Crippen LogP contribution in [0.2, 0.25) is 0 Å². The van der Waals surface area contributed by atoms with E-state index in [2.05, 4.69) is 170 Å². The minimum absolute atomic E-state index is 1.21. The van der Waals surface area contributed by atoms with E-state index in [9.17, 15) is 0 Å². The lowest BCUT2D eigenvalue weighted by Crippen LogP contribution is -1.88. The van der Waals surface area contributed by atoms with Gasteiger partial charge in [0.25, 0.3) is 0 Å². The molecule has 0 unspecified atom stereocenters. The molecule has 0 spiro atoms. The minimum atomic E-state index is 1.21. The van der Waals surface area contributed by atoms with Crippen LogP contribution in [0.5, 0.6) is 0 Å². The van der Waals surface area contributed by atoms with E-state index >= 15 is 0 Å². The highest BCUT2D eigenvalue weighted by Crippen LogP contribution is 2.41. The summed E-state index contributed by atoms with van der Waals surface area (Å²) in [5, 5.41) is 10.3. The first-order valence-corrected chi connectivity index (χ1v) is 15.7. The number of nitrogens with zero attached hydrogens (tertiary/aromatic N) is 1. The lowest BCUT2D eigenvalue weighted by Gasteiger charge is -2.09. The van der Waals surface area contributed by atoms with Gasteiger partial charge in [-0.15, -0.1) is 0 Å². The van der Waals surface area contributed by atoms with E-state index in [1.54, 1.807) is 0 Å². The molecule has 45 heavy (non-hydrogen) atoms. The summed E-state index contributed by atoms with van der Waals surface area (Å²) in [6.07, 6.45) is 0. The van der Waals surface area contributed by atoms with Gasteiger partial charge in [-0.3, -0.25) is 0 Å². The summed E-state index contributed by atoms with van der Waals surface area (Å²) in [4.78, 5) is 0. The molecule has 1 nitrogen and oxygen atoms in total. The SMILES string of the molecule is Cc1cccc2c3ccccc3c3ccccc3n3c4ccc(-c5ccc(-c6ccccc6)cc5)cc4c4ccc(C)c(c12)c43. The normalized spacial score (nSPS) is 11.8. The van der Waals surface area contributed by atoms with E-state index in [0.717, 1.165) is 0 Å². The zero-order chi connectivity index (χ0) is 30.1. The van der Waals surface area contributed by atoms with E-state index in [-0.39, 0.29) is 0 Å². The van der Waals surface area contributed by atoms with Crippen LogP contribution < -0.4 is 0 Å². The number of hydrogen-bond donors (Lipinski definition) is 0. The summed E-state index contributed by atoms with van der Waals surface area (Å²) in [6, 6.07) is 55.8. The van der Waals surface area contributed by atoms with Gasteiger partial charge in [-0.2, -0.15) is 0 Å². The first kappa shape index (κ1) is 25.8. The monoisotopic (exact) mass is 573 g/mol. The Labute approximate surface area is 262 Å². The van der Waals surface area contributed by atoms with Crippen molar-refractivity contribution in [3.63, 3.8) is 0 Å². The van der Waals surface area contributed by atoms with Crippen molar-refractivity contribution in [2.45, 2.75) is 13.8 Å². The van der Waals surface area contributed by atoms with E-state index in [4.69, 9.17) is 0 Å². The molecule has 0 bridgehead atoms. The van der Waals surface area contributed by atoms with Crippen molar-refractivity contribution < 1.29 is 0 Å². The van der Waals surface area contributed by atoms with Gasteiger partial charge in [0.15, 0.2) is 0 Å². The van der Waals surface area contributed by atoms with Crippen LogP contribution >= 0.6 is 0 Å². The topological polar surface area (TPSA) is 4.41 Å². The van der Waals surface area contributed by atoms with Gasteiger partial charge in [0, 0.05) is 21.5 Å². The Morgan fingerprint density at radius 3 is 1.67 bits per heavy atom. The van der Waals surface area contributed by atoms with Crippen molar-refractivity contribution in [1.82, 2.24) is 4.40 Å². The van der Waals surface area contributed by atoms with E-state index in [0.29, 0.717) is 0 Å². The molecule has 0 radical (unpaired) electrons. The standard InChI is InChI=1S/C44H31N/c1-28-11-10-17-37-35-15-7-6-14-34(35)36-16-8-9-18-40(36)45-41-26-24-33(32-22-20-31(21-23-32)30-12-4-3-5-13-30)27-39(41)38-25-19-29(2)43(42(28)37)44(38)45/h3-27H,1-2H3. The van der Waals surface area contributed by atoms with E-state index in [1.165, 1.54) is 93.0 Å². The molecule has 0 N–H and O–H groups in total. The maximum Gasteiger partial charge on any atom is 0.0622 e. The second-order valence-electron chi connectivity index (χ2n) is 12.2. The number of para-hydroxylation sites is 1. The van der Waals surface area contributed by atoms with Crippen LogP contribution in [0.1, 0.15) is 11.1 Å². The molecule has 7 aromatic carbocycles. The predicted octanol–water partition coefficient (Wildman–Crippen LogP) is 12.2. The molecule has 2 heterocycles. The number of fused-ring (bicyclic) bond motifs is 10. The molecule has 0 fully saturated rings. The Kier molecular flexibility index (Phi) is 5.70. The fourth-order valence-corrected chi connectivity index (χ4v) is 7.51. The van der Waals surface area contributed by atoms with E-state index < -0.39 is 0 Å². The van der Waals surface area contributed by atoms with E-state index in [1.807, 2.05) is 0 Å². The van der Waals surface area contributed by atoms with Crippen LogP contribution in [0.4, 0.5) is 0 Å². The average Bonchev–Trinajstić information content (AvgIpc) is 3.44. The zero-order valence-electron chi connectivity index (χ0n) is 25.4. The van der Waals surface area contributed by atoms with Gasteiger partial charge in [0.1, 0.15) is 0 Å². The van der Waals surface area contributed by atoms with Crippen LogP contribution in [0, 0.1) is 13.8 Å². The average molecular weight is 574 g/mol. The molecule has 212 valence electrons. The molecule has 0 aliphatic rings. The smallest absolute Gasteiger partial charge is 0.0622 e. The molecule has 0 aliphatic heterocycles. The summed E-state index contributed by atoms with van der Waals surface area (Å²) < 4.78 is 2.53. The summed E-state index contributed by atoms with van der Waals surface area (Å²) in [5.41, 5.74) is 11.2. The van der Waals surface area contributed by atoms with Crippen molar-refractivity contribution in [1.29, 1.82) is 0 Å². The van der Waals surface area contributed by atoms with Crippen molar-refractivity contribution in [3.05, 3.63) is 163 Å². The molecule has 9 rings (SSSR count). The molecular formula is C44H31N. The maximum absolute atomic E-state index is 2.53. The summed E-state index contributed by atoms with van der Waals surface area (Å²) >= 11 is 0. The second-order valence-corrected chi connectivity index (χ2v) is 12.2.